The second-order valence-corrected chi connectivity index (χ2v) is 6.90. The van der Waals surface area contributed by atoms with Crippen molar-refractivity contribution in [3.63, 3.8) is 0 Å². The molecule has 0 aromatic heterocycles. The third-order valence-electron chi connectivity index (χ3n) is 4.46. The van der Waals surface area contributed by atoms with E-state index >= 15 is 0 Å². The lowest BCUT2D eigenvalue weighted by atomic mass is 9.99. The molecule has 0 spiro atoms. The van der Waals surface area contributed by atoms with Gasteiger partial charge in [0.1, 0.15) is 0 Å². The second kappa shape index (κ2) is 8.99. The van der Waals surface area contributed by atoms with Crippen LogP contribution in [0.4, 0.5) is 0 Å². The molecule has 29 heavy (non-hydrogen) atoms. The average molecular weight is 389 g/mol. The van der Waals surface area contributed by atoms with Crippen molar-refractivity contribution in [1.29, 1.82) is 0 Å². The fraction of sp³-hybridized carbons (Fsp3) is 0. The summed E-state index contributed by atoms with van der Waals surface area (Å²) in [5.41, 5.74) is 5.99. The van der Waals surface area contributed by atoms with E-state index in [1.807, 2.05) is 97.1 Å². The summed E-state index contributed by atoms with van der Waals surface area (Å²) in [5.74, 6) is 13.1. The van der Waals surface area contributed by atoms with Crippen LogP contribution in [0.1, 0.15) is 22.3 Å². The fourth-order valence-electron chi connectivity index (χ4n) is 2.97. The number of halogens is 1. The molecule has 0 aliphatic rings. The van der Waals surface area contributed by atoms with Crippen molar-refractivity contribution in [2.75, 3.05) is 0 Å². The molecule has 0 atom stereocenters. The van der Waals surface area contributed by atoms with Gasteiger partial charge in [0.15, 0.2) is 0 Å². The van der Waals surface area contributed by atoms with Gasteiger partial charge in [0, 0.05) is 27.3 Å². The summed E-state index contributed by atoms with van der Waals surface area (Å²) < 4.78 is 0. The highest BCUT2D eigenvalue weighted by Gasteiger charge is 2.03. The van der Waals surface area contributed by atoms with Gasteiger partial charge in [-0.25, -0.2) is 0 Å². The van der Waals surface area contributed by atoms with Crippen LogP contribution in [-0.4, -0.2) is 0 Å². The van der Waals surface area contributed by atoms with E-state index in [2.05, 4.69) is 29.7 Å². The van der Waals surface area contributed by atoms with E-state index in [1.165, 1.54) is 0 Å². The zero-order valence-electron chi connectivity index (χ0n) is 15.7. The molecular formula is C28H17Cl. The quantitative estimate of drug-likeness (QED) is 0.314. The van der Waals surface area contributed by atoms with Crippen molar-refractivity contribution in [3.05, 3.63) is 130 Å². The minimum Gasteiger partial charge on any atom is -0.0843 e. The molecule has 0 aliphatic heterocycles. The number of hydrogen-bond acceptors (Lipinski definition) is 0. The summed E-state index contributed by atoms with van der Waals surface area (Å²) in [6.45, 7) is 0. The van der Waals surface area contributed by atoms with Gasteiger partial charge >= 0.3 is 0 Å². The maximum Gasteiger partial charge on any atom is 0.0406 e. The molecule has 4 aromatic rings. The van der Waals surface area contributed by atoms with Gasteiger partial charge in [0.2, 0.25) is 0 Å². The molecule has 4 rings (SSSR count). The van der Waals surface area contributed by atoms with Crippen molar-refractivity contribution in [2.24, 2.45) is 0 Å². The van der Waals surface area contributed by atoms with Gasteiger partial charge < -0.3 is 0 Å². The third-order valence-corrected chi connectivity index (χ3v) is 4.71. The van der Waals surface area contributed by atoms with Crippen LogP contribution in [0.3, 0.4) is 0 Å². The predicted octanol–water partition coefficient (Wildman–Crippen LogP) is 6.81. The van der Waals surface area contributed by atoms with Gasteiger partial charge in [-0.3, -0.25) is 0 Å². The first kappa shape index (κ1) is 18.6. The topological polar surface area (TPSA) is 0 Å². The molecule has 1 heteroatoms. The molecule has 136 valence electrons. The number of rotatable bonds is 1. The Bertz CT molecular complexity index is 1240. The molecular weight excluding hydrogens is 372 g/mol. The van der Waals surface area contributed by atoms with E-state index in [9.17, 15) is 0 Å². The monoisotopic (exact) mass is 388 g/mol. The second-order valence-electron chi connectivity index (χ2n) is 6.46. The molecule has 0 radical (unpaired) electrons. The Hall–Kier alpha value is -3.71. The first-order valence-corrected chi connectivity index (χ1v) is 9.70. The van der Waals surface area contributed by atoms with Crippen LogP contribution in [0.2, 0.25) is 5.02 Å². The summed E-state index contributed by atoms with van der Waals surface area (Å²) in [6, 6.07) is 33.9. The first-order valence-electron chi connectivity index (χ1n) is 9.33. The SMILES string of the molecule is Clc1ccc(-c2ccccc2C#Cc2ccccc2C#Cc2ccccc2)cc1. The first-order chi connectivity index (χ1) is 14.3. The molecule has 4 aromatic carbocycles. The molecule has 0 fully saturated rings. The van der Waals surface area contributed by atoms with Crippen molar-refractivity contribution in [1.82, 2.24) is 0 Å². The summed E-state index contributed by atoms with van der Waals surface area (Å²) in [4.78, 5) is 0. The Labute approximate surface area is 176 Å². The third kappa shape index (κ3) is 4.77. The largest absolute Gasteiger partial charge is 0.0843 e. The van der Waals surface area contributed by atoms with Crippen molar-refractivity contribution < 1.29 is 0 Å². The van der Waals surface area contributed by atoms with Gasteiger partial charge in [-0.05, 0) is 53.6 Å². The average Bonchev–Trinajstić information content (AvgIpc) is 2.78. The normalized spacial score (nSPS) is 9.69. The Morgan fingerprint density at radius 1 is 0.448 bits per heavy atom. The van der Waals surface area contributed by atoms with E-state index in [0.717, 1.165) is 38.4 Å². The van der Waals surface area contributed by atoms with Gasteiger partial charge in [0.25, 0.3) is 0 Å². The number of benzene rings is 4. The van der Waals surface area contributed by atoms with E-state index in [4.69, 9.17) is 11.6 Å². The summed E-state index contributed by atoms with van der Waals surface area (Å²) in [7, 11) is 0. The van der Waals surface area contributed by atoms with E-state index in [-0.39, 0.29) is 0 Å². The van der Waals surface area contributed by atoms with Crippen LogP contribution < -0.4 is 0 Å². The van der Waals surface area contributed by atoms with Crippen molar-refractivity contribution >= 4 is 11.6 Å². The molecule has 0 saturated carbocycles. The Morgan fingerprint density at radius 3 is 1.66 bits per heavy atom. The maximum absolute atomic E-state index is 6.03. The maximum atomic E-state index is 6.03. The van der Waals surface area contributed by atoms with Crippen LogP contribution in [0.25, 0.3) is 11.1 Å². The summed E-state index contributed by atoms with van der Waals surface area (Å²) in [6.07, 6.45) is 0. The van der Waals surface area contributed by atoms with Gasteiger partial charge in [-0.1, -0.05) is 95.9 Å². The molecule has 0 bridgehead atoms. The smallest absolute Gasteiger partial charge is 0.0406 e. The van der Waals surface area contributed by atoms with E-state index in [1.54, 1.807) is 0 Å². The Morgan fingerprint density at radius 2 is 0.966 bits per heavy atom. The number of hydrogen-bond donors (Lipinski definition) is 0. The molecule has 0 heterocycles. The summed E-state index contributed by atoms with van der Waals surface area (Å²) >= 11 is 6.03. The highest BCUT2D eigenvalue weighted by atomic mass is 35.5. The van der Waals surface area contributed by atoms with Gasteiger partial charge in [0.05, 0.1) is 0 Å². The molecule has 0 amide bonds. The minimum absolute atomic E-state index is 0.725. The molecule has 0 saturated heterocycles. The molecule has 0 nitrogen and oxygen atoms in total. The van der Waals surface area contributed by atoms with Crippen LogP contribution in [-0.2, 0) is 0 Å². The lowest BCUT2D eigenvalue weighted by Gasteiger charge is -2.05. The standard InChI is InChI=1S/C28H17Cl/c29-27-20-18-26(19-21-27)28-13-7-6-12-25(28)17-16-24-11-5-4-10-23(24)15-14-22-8-2-1-3-9-22/h1-13,18-21H. The Kier molecular flexibility index (Phi) is 5.78. The van der Waals surface area contributed by atoms with Crippen LogP contribution >= 0.6 is 11.6 Å². The molecule has 0 aliphatic carbocycles. The highest BCUT2D eigenvalue weighted by molar-refractivity contribution is 6.30. The molecule has 0 N–H and O–H groups in total. The highest BCUT2D eigenvalue weighted by Crippen LogP contribution is 2.24. The zero-order valence-corrected chi connectivity index (χ0v) is 16.4. The van der Waals surface area contributed by atoms with E-state index < -0.39 is 0 Å². The van der Waals surface area contributed by atoms with Crippen LogP contribution in [0, 0.1) is 23.7 Å². The zero-order chi connectivity index (χ0) is 19.9. The predicted molar refractivity (Wildman–Crippen MR) is 122 cm³/mol. The van der Waals surface area contributed by atoms with Gasteiger partial charge in [-0.15, -0.1) is 0 Å². The molecule has 0 unspecified atom stereocenters. The van der Waals surface area contributed by atoms with Crippen molar-refractivity contribution in [3.8, 4) is 34.8 Å². The lowest BCUT2D eigenvalue weighted by molar-refractivity contribution is 1.56. The fourth-order valence-corrected chi connectivity index (χ4v) is 3.10. The lowest BCUT2D eigenvalue weighted by Crippen LogP contribution is -1.86. The summed E-state index contributed by atoms with van der Waals surface area (Å²) in [5, 5.41) is 0.725. The van der Waals surface area contributed by atoms with E-state index in [0.29, 0.717) is 0 Å². The Balaban J connectivity index is 1.70. The van der Waals surface area contributed by atoms with Crippen LogP contribution in [0.15, 0.2) is 103 Å². The van der Waals surface area contributed by atoms with Gasteiger partial charge in [-0.2, -0.15) is 0 Å². The minimum atomic E-state index is 0.725. The van der Waals surface area contributed by atoms with Crippen molar-refractivity contribution in [2.45, 2.75) is 0 Å². The van der Waals surface area contributed by atoms with Crippen LogP contribution in [0.5, 0.6) is 0 Å².